The molecule has 2 aliphatic heterocycles. The van der Waals surface area contributed by atoms with Gasteiger partial charge in [-0.3, -0.25) is 24.2 Å². The predicted octanol–water partition coefficient (Wildman–Crippen LogP) is 3.82. The molecule has 0 unspecified atom stereocenters. The van der Waals surface area contributed by atoms with E-state index in [2.05, 4.69) is 20.6 Å². The SMILES string of the molecule is Cc1ccc(/C=C2/SC(=O)N(CCNC(=O)C3CCN(Cc4csc(C)n4)CC3)C2=O)cc1. The lowest BCUT2D eigenvalue weighted by molar-refractivity contribution is -0.127. The van der Waals surface area contributed by atoms with Crippen LogP contribution in [0.15, 0.2) is 34.6 Å². The number of hydrogen-bond acceptors (Lipinski definition) is 7. The lowest BCUT2D eigenvalue weighted by atomic mass is 9.96. The van der Waals surface area contributed by atoms with Crippen molar-refractivity contribution >= 4 is 46.2 Å². The topological polar surface area (TPSA) is 82.6 Å². The normalized spacial score (nSPS) is 19.0. The van der Waals surface area contributed by atoms with Crippen molar-refractivity contribution in [3.63, 3.8) is 0 Å². The van der Waals surface area contributed by atoms with Gasteiger partial charge in [-0.25, -0.2) is 4.98 Å². The average Bonchev–Trinajstić information content (AvgIpc) is 3.32. The second-order valence-corrected chi connectivity index (χ2v) is 10.5. The number of carbonyl (C=O) groups is 3. The Kier molecular flexibility index (Phi) is 7.62. The van der Waals surface area contributed by atoms with E-state index >= 15 is 0 Å². The third kappa shape index (κ3) is 6.10. The summed E-state index contributed by atoms with van der Waals surface area (Å²) in [4.78, 5) is 46.0. The number of hydrogen-bond donors (Lipinski definition) is 1. The summed E-state index contributed by atoms with van der Waals surface area (Å²) in [6.07, 6.45) is 3.34. The Bertz CT molecular complexity index is 1060. The lowest BCUT2D eigenvalue weighted by Crippen LogP contribution is -2.43. The molecule has 174 valence electrons. The Morgan fingerprint density at radius 2 is 1.91 bits per heavy atom. The highest BCUT2D eigenvalue weighted by Crippen LogP contribution is 2.32. The van der Waals surface area contributed by atoms with Gasteiger partial charge in [0.1, 0.15) is 0 Å². The Morgan fingerprint density at radius 1 is 1.18 bits per heavy atom. The minimum atomic E-state index is -0.301. The molecule has 0 radical (unpaired) electrons. The van der Waals surface area contributed by atoms with Crippen LogP contribution in [-0.4, -0.2) is 58.0 Å². The molecule has 9 heteroatoms. The fourth-order valence-electron chi connectivity index (χ4n) is 4.01. The maximum Gasteiger partial charge on any atom is 0.293 e. The summed E-state index contributed by atoms with van der Waals surface area (Å²) in [6.45, 7) is 7.01. The van der Waals surface area contributed by atoms with Gasteiger partial charge in [-0.1, -0.05) is 29.8 Å². The molecule has 33 heavy (non-hydrogen) atoms. The highest BCUT2D eigenvalue weighted by molar-refractivity contribution is 8.18. The number of benzene rings is 1. The molecular formula is C24H28N4O3S2. The highest BCUT2D eigenvalue weighted by atomic mass is 32.2. The van der Waals surface area contributed by atoms with Gasteiger partial charge in [0, 0.05) is 30.9 Å². The summed E-state index contributed by atoms with van der Waals surface area (Å²) < 4.78 is 0. The number of nitrogens with one attached hydrogen (secondary N) is 1. The summed E-state index contributed by atoms with van der Waals surface area (Å²) in [7, 11) is 0. The van der Waals surface area contributed by atoms with Crippen LogP contribution in [0.5, 0.6) is 0 Å². The van der Waals surface area contributed by atoms with Crippen molar-refractivity contribution in [2.75, 3.05) is 26.2 Å². The third-order valence-electron chi connectivity index (χ3n) is 5.89. The summed E-state index contributed by atoms with van der Waals surface area (Å²) in [5.41, 5.74) is 3.11. The van der Waals surface area contributed by atoms with Gasteiger partial charge in [0.15, 0.2) is 0 Å². The number of likely N-dealkylation sites (tertiary alicyclic amines) is 1. The van der Waals surface area contributed by atoms with Crippen molar-refractivity contribution in [2.45, 2.75) is 33.2 Å². The van der Waals surface area contributed by atoms with Gasteiger partial charge >= 0.3 is 0 Å². The molecule has 0 spiro atoms. The van der Waals surface area contributed by atoms with Crippen LogP contribution in [0.3, 0.4) is 0 Å². The number of thiazole rings is 1. The Hall–Kier alpha value is -2.49. The van der Waals surface area contributed by atoms with Crippen LogP contribution >= 0.6 is 23.1 Å². The van der Waals surface area contributed by atoms with Crippen LogP contribution in [0.2, 0.25) is 0 Å². The molecule has 2 aromatic rings. The van der Waals surface area contributed by atoms with Crippen molar-refractivity contribution in [1.29, 1.82) is 0 Å². The fourth-order valence-corrected chi connectivity index (χ4v) is 5.47. The second-order valence-electron chi connectivity index (χ2n) is 8.44. The Balaban J connectivity index is 1.21. The smallest absolute Gasteiger partial charge is 0.293 e. The molecule has 3 amide bonds. The summed E-state index contributed by atoms with van der Waals surface area (Å²) in [5.74, 6) is -0.332. The number of nitrogens with zero attached hydrogens (tertiary/aromatic N) is 3. The monoisotopic (exact) mass is 484 g/mol. The van der Waals surface area contributed by atoms with Gasteiger partial charge in [-0.15, -0.1) is 11.3 Å². The van der Waals surface area contributed by atoms with Gasteiger partial charge in [0.25, 0.3) is 11.1 Å². The van der Waals surface area contributed by atoms with Crippen LogP contribution in [0, 0.1) is 19.8 Å². The first-order valence-electron chi connectivity index (χ1n) is 11.1. The van der Waals surface area contributed by atoms with Gasteiger partial charge < -0.3 is 5.32 Å². The van der Waals surface area contributed by atoms with Crippen LogP contribution in [-0.2, 0) is 16.1 Å². The molecule has 0 bridgehead atoms. The number of imide groups is 1. The maximum atomic E-state index is 12.6. The second kappa shape index (κ2) is 10.6. The quantitative estimate of drug-likeness (QED) is 0.602. The van der Waals surface area contributed by atoms with E-state index in [4.69, 9.17) is 0 Å². The van der Waals surface area contributed by atoms with E-state index in [9.17, 15) is 14.4 Å². The number of aromatic nitrogens is 1. The molecule has 7 nitrogen and oxygen atoms in total. The minimum absolute atomic E-state index is 0.00122. The van der Waals surface area contributed by atoms with E-state index in [-0.39, 0.29) is 36.1 Å². The van der Waals surface area contributed by atoms with Crippen molar-refractivity contribution in [1.82, 2.24) is 20.1 Å². The number of rotatable bonds is 7. The lowest BCUT2D eigenvalue weighted by Gasteiger charge is -2.30. The molecule has 2 fully saturated rings. The number of piperidine rings is 1. The standard InChI is InChI=1S/C24H28N4O3S2/c1-16-3-5-18(6-4-16)13-21-23(30)28(24(31)33-21)12-9-25-22(29)19-7-10-27(11-8-19)14-20-15-32-17(2)26-20/h3-6,13,15,19H,7-12,14H2,1-2H3,(H,25,29)/b21-13+. The van der Waals surface area contributed by atoms with Crippen molar-refractivity contribution < 1.29 is 14.4 Å². The van der Waals surface area contributed by atoms with Gasteiger partial charge in [0.2, 0.25) is 5.91 Å². The zero-order valence-electron chi connectivity index (χ0n) is 18.9. The summed E-state index contributed by atoms with van der Waals surface area (Å²) >= 11 is 2.61. The molecule has 1 aromatic carbocycles. The minimum Gasteiger partial charge on any atom is -0.354 e. The zero-order valence-corrected chi connectivity index (χ0v) is 20.5. The summed E-state index contributed by atoms with van der Waals surface area (Å²) in [6, 6.07) is 7.78. The molecule has 0 atom stereocenters. The third-order valence-corrected chi connectivity index (χ3v) is 7.62. The van der Waals surface area contributed by atoms with Crippen LogP contribution < -0.4 is 5.32 Å². The van der Waals surface area contributed by atoms with E-state index in [1.54, 1.807) is 17.4 Å². The first-order chi connectivity index (χ1) is 15.9. The van der Waals surface area contributed by atoms with E-state index in [1.165, 1.54) is 4.90 Å². The number of amides is 3. The first-order valence-corrected chi connectivity index (χ1v) is 12.8. The Labute approximate surface area is 202 Å². The number of thioether (sulfide) groups is 1. The van der Waals surface area contributed by atoms with Gasteiger partial charge in [0.05, 0.1) is 15.6 Å². The van der Waals surface area contributed by atoms with Crippen LogP contribution in [0.1, 0.15) is 34.7 Å². The molecule has 1 N–H and O–H groups in total. The van der Waals surface area contributed by atoms with Crippen molar-refractivity contribution in [3.05, 3.63) is 56.4 Å². The fraction of sp³-hybridized carbons (Fsp3) is 0.417. The molecule has 0 saturated carbocycles. The van der Waals surface area contributed by atoms with Gasteiger partial charge in [-0.2, -0.15) is 0 Å². The molecule has 2 aliphatic rings. The van der Waals surface area contributed by atoms with Gasteiger partial charge in [-0.05, 0) is 63.2 Å². The molecule has 4 rings (SSSR count). The highest BCUT2D eigenvalue weighted by Gasteiger charge is 2.35. The van der Waals surface area contributed by atoms with Crippen LogP contribution in [0.4, 0.5) is 4.79 Å². The molecular weight excluding hydrogens is 456 g/mol. The average molecular weight is 485 g/mol. The number of aryl methyl sites for hydroxylation is 2. The predicted molar refractivity (Wildman–Crippen MR) is 132 cm³/mol. The molecule has 2 saturated heterocycles. The molecule has 3 heterocycles. The van der Waals surface area contributed by atoms with Crippen molar-refractivity contribution in [2.24, 2.45) is 5.92 Å². The van der Waals surface area contributed by atoms with Crippen molar-refractivity contribution in [3.8, 4) is 0 Å². The van der Waals surface area contributed by atoms with E-state index in [0.29, 0.717) is 4.91 Å². The van der Waals surface area contributed by atoms with E-state index in [1.807, 2.05) is 38.1 Å². The van der Waals surface area contributed by atoms with E-state index in [0.717, 1.165) is 66.1 Å². The van der Waals surface area contributed by atoms with Crippen LogP contribution in [0.25, 0.3) is 6.08 Å². The maximum absolute atomic E-state index is 12.6. The van der Waals surface area contributed by atoms with E-state index < -0.39 is 0 Å². The largest absolute Gasteiger partial charge is 0.354 e. The molecule has 0 aliphatic carbocycles. The first kappa shape index (κ1) is 23.7. The number of carbonyl (C=O) groups excluding carboxylic acids is 3. The Morgan fingerprint density at radius 3 is 2.58 bits per heavy atom. The molecule has 1 aromatic heterocycles. The summed E-state index contributed by atoms with van der Waals surface area (Å²) in [5, 5.41) is 5.79. The zero-order chi connectivity index (χ0) is 23.4.